The van der Waals surface area contributed by atoms with E-state index in [1.54, 1.807) is 10.7 Å². The van der Waals surface area contributed by atoms with Gasteiger partial charge in [-0.2, -0.15) is 0 Å². The number of H-pyrrole nitrogens is 1. The second-order valence-electron chi connectivity index (χ2n) is 9.02. The molecule has 5 aromatic rings. The van der Waals surface area contributed by atoms with E-state index in [0.717, 1.165) is 60.0 Å². The fourth-order valence-corrected chi connectivity index (χ4v) is 4.58. The minimum Gasteiger partial charge on any atom is -0.489 e. The highest BCUT2D eigenvalue weighted by atomic mass is 16.5. The zero-order valence-electron chi connectivity index (χ0n) is 20.3. The summed E-state index contributed by atoms with van der Waals surface area (Å²) in [5.74, 6) is 1.58. The monoisotopic (exact) mass is 493 g/mol. The van der Waals surface area contributed by atoms with Crippen molar-refractivity contribution >= 4 is 16.7 Å². The molecule has 3 aromatic carbocycles. The Hall–Kier alpha value is -4.43. The van der Waals surface area contributed by atoms with Gasteiger partial charge in [-0.3, -0.25) is 4.79 Å². The molecule has 0 unspecified atom stereocenters. The van der Waals surface area contributed by atoms with Gasteiger partial charge in [0.1, 0.15) is 23.9 Å². The van der Waals surface area contributed by atoms with Crippen molar-refractivity contribution in [1.29, 1.82) is 0 Å². The Labute approximate surface area is 214 Å². The highest BCUT2D eigenvalue weighted by Gasteiger charge is 2.16. The number of hydrogen-bond donors (Lipinski definition) is 1. The van der Waals surface area contributed by atoms with Crippen molar-refractivity contribution in [2.45, 2.75) is 13.0 Å². The first kappa shape index (κ1) is 23.0. The summed E-state index contributed by atoms with van der Waals surface area (Å²) in [6, 6.07) is 25.2. The fraction of sp³-hybridized carbons (Fsp3) is 0.207. The van der Waals surface area contributed by atoms with Gasteiger partial charge >= 0.3 is 0 Å². The van der Waals surface area contributed by atoms with Crippen LogP contribution in [0.5, 0.6) is 5.75 Å². The molecule has 0 bridgehead atoms. The molecule has 6 rings (SSSR count). The maximum absolute atomic E-state index is 13.0. The maximum atomic E-state index is 13.0. The molecule has 1 N–H and O–H groups in total. The van der Waals surface area contributed by atoms with E-state index in [2.05, 4.69) is 20.2 Å². The largest absolute Gasteiger partial charge is 0.489 e. The molecular weight excluding hydrogens is 466 g/mol. The summed E-state index contributed by atoms with van der Waals surface area (Å²) < 4.78 is 13.2. The number of aromatic amines is 1. The van der Waals surface area contributed by atoms with Gasteiger partial charge in [0.15, 0.2) is 5.43 Å². The molecule has 1 fully saturated rings. The van der Waals surface area contributed by atoms with E-state index in [4.69, 9.17) is 9.47 Å². The lowest BCUT2D eigenvalue weighted by atomic mass is 10.1. The molecule has 0 spiro atoms. The number of ether oxygens (including phenoxy) is 2. The van der Waals surface area contributed by atoms with E-state index < -0.39 is 0 Å². The van der Waals surface area contributed by atoms with Crippen molar-refractivity contribution in [2.75, 3.05) is 31.2 Å². The first-order valence-electron chi connectivity index (χ1n) is 12.4. The van der Waals surface area contributed by atoms with Crippen molar-refractivity contribution in [1.82, 2.24) is 20.0 Å². The van der Waals surface area contributed by atoms with Gasteiger partial charge in [0.25, 0.3) is 0 Å². The van der Waals surface area contributed by atoms with E-state index in [1.807, 2.05) is 79.0 Å². The van der Waals surface area contributed by atoms with Crippen LogP contribution in [0.1, 0.15) is 12.0 Å². The predicted molar refractivity (Wildman–Crippen MR) is 143 cm³/mol. The lowest BCUT2D eigenvalue weighted by Gasteiger charge is -2.22. The smallest absolute Gasteiger partial charge is 0.191 e. The number of anilines is 1. The minimum atomic E-state index is -0.0192. The molecule has 8 nitrogen and oxygen atoms in total. The molecule has 8 heteroatoms. The summed E-state index contributed by atoms with van der Waals surface area (Å²) in [5, 5.41) is 9.40. The van der Waals surface area contributed by atoms with Gasteiger partial charge in [0.05, 0.1) is 24.0 Å². The average molecular weight is 494 g/mol. The first-order chi connectivity index (χ1) is 18.2. The number of fused-ring (bicyclic) bond motifs is 1. The summed E-state index contributed by atoms with van der Waals surface area (Å²) in [6.07, 6.45) is 2.80. The Morgan fingerprint density at radius 3 is 2.68 bits per heavy atom. The number of rotatable bonds is 6. The van der Waals surface area contributed by atoms with Crippen LogP contribution < -0.4 is 15.1 Å². The zero-order valence-corrected chi connectivity index (χ0v) is 20.3. The number of pyridine rings is 1. The van der Waals surface area contributed by atoms with Crippen molar-refractivity contribution < 1.29 is 9.47 Å². The number of aromatic nitrogens is 4. The molecule has 3 heterocycles. The van der Waals surface area contributed by atoms with Crippen LogP contribution in [0, 0.1) is 0 Å². The van der Waals surface area contributed by atoms with Crippen LogP contribution in [-0.4, -0.2) is 46.3 Å². The highest BCUT2D eigenvalue weighted by molar-refractivity contribution is 5.93. The van der Waals surface area contributed by atoms with Gasteiger partial charge < -0.3 is 19.4 Å². The standard InChI is InChI=1S/C29H27N5O3/c35-27-18-28(33-14-5-16-36-17-15-33)30-29-24(8-4-9-25(27)29)26-19-34(32-31-26)22-10-12-23(13-11-22)37-20-21-6-2-1-3-7-21/h1-4,6-13,18-19H,5,14-17,20H2,(H,30,35). The molecule has 2 aromatic heterocycles. The normalized spacial score (nSPS) is 14.0. The van der Waals surface area contributed by atoms with Crippen molar-refractivity contribution in [3.05, 3.63) is 101 Å². The second kappa shape index (κ2) is 10.3. The van der Waals surface area contributed by atoms with Gasteiger partial charge in [0.2, 0.25) is 0 Å². The highest BCUT2D eigenvalue weighted by Crippen LogP contribution is 2.27. The number of benzene rings is 3. The molecule has 186 valence electrons. The Morgan fingerprint density at radius 1 is 0.946 bits per heavy atom. The third kappa shape index (κ3) is 4.96. The van der Waals surface area contributed by atoms with Crippen LogP contribution in [0.15, 0.2) is 89.9 Å². The molecule has 1 aliphatic rings. The van der Waals surface area contributed by atoms with Gasteiger partial charge in [-0.15, -0.1) is 5.10 Å². The molecule has 0 aliphatic carbocycles. The second-order valence-corrected chi connectivity index (χ2v) is 9.02. The first-order valence-corrected chi connectivity index (χ1v) is 12.4. The summed E-state index contributed by atoms with van der Waals surface area (Å²) in [6.45, 7) is 3.48. The molecule has 37 heavy (non-hydrogen) atoms. The van der Waals surface area contributed by atoms with Crippen LogP contribution >= 0.6 is 0 Å². The molecule has 0 amide bonds. The summed E-state index contributed by atoms with van der Waals surface area (Å²) in [4.78, 5) is 18.6. The predicted octanol–water partition coefficient (Wildman–Crippen LogP) is 4.58. The van der Waals surface area contributed by atoms with Crippen molar-refractivity contribution in [3.8, 4) is 22.7 Å². The average Bonchev–Trinajstić information content (AvgIpc) is 3.27. The molecule has 1 saturated heterocycles. The molecule has 1 aliphatic heterocycles. The summed E-state index contributed by atoms with van der Waals surface area (Å²) in [5.41, 5.74) is 4.23. The number of para-hydroxylation sites is 1. The van der Waals surface area contributed by atoms with E-state index >= 15 is 0 Å². The van der Waals surface area contributed by atoms with Crippen molar-refractivity contribution in [3.63, 3.8) is 0 Å². The molecule has 0 atom stereocenters. The fourth-order valence-electron chi connectivity index (χ4n) is 4.58. The third-order valence-electron chi connectivity index (χ3n) is 6.53. The topological polar surface area (TPSA) is 85.3 Å². The van der Waals surface area contributed by atoms with Gasteiger partial charge in [-0.25, -0.2) is 4.68 Å². The molecule has 0 saturated carbocycles. The Bertz CT molecular complexity index is 1550. The van der Waals surface area contributed by atoms with Crippen molar-refractivity contribution in [2.24, 2.45) is 0 Å². The lowest BCUT2D eigenvalue weighted by molar-refractivity contribution is 0.152. The van der Waals surface area contributed by atoms with E-state index in [0.29, 0.717) is 24.3 Å². The number of hydrogen-bond acceptors (Lipinski definition) is 6. The summed E-state index contributed by atoms with van der Waals surface area (Å²) in [7, 11) is 0. The Morgan fingerprint density at radius 2 is 1.81 bits per heavy atom. The number of nitrogens with one attached hydrogen (secondary N) is 1. The lowest BCUT2D eigenvalue weighted by Crippen LogP contribution is -2.28. The number of nitrogens with zero attached hydrogens (tertiary/aromatic N) is 4. The van der Waals surface area contributed by atoms with E-state index in [-0.39, 0.29) is 5.43 Å². The van der Waals surface area contributed by atoms with E-state index in [1.165, 1.54) is 0 Å². The van der Waals surface area contributed by atoms with Crippen LogP contribution in [-0.2, 0) is 11.3 Å². The van der Waals surface area contributed by atoms with E-state index in [9.17, 15) is 4.79 Å². The molecule has 0 radical (unpaired) electrons. The van der Waals surface area contributed by atoms with Crippen LogP contribution in [0.25, 0.3) is 27.8 Å². The Balaban J connectivity index is 1.27. The van der Waals surface area contributed by atoms with Crippen LogP contribution in [0.2, 0.25) is 0 Å². The minimum absolute atomic E-state index is 0.0192. The quantitative estimate of drug-likeness (QED) is 0.373. The molecular formula is C29H27N5O3. The van der Waals surface area contributed by atoms with Crippen LogP contribution in [0.3, 0.4) is 0 Å². The third-order valence-corrected chi connectivity index (χ3v) is 6.53. The van der Waals surface area contributed by atoms with Crippen LogP contribution in [0.4, 0.5) is 5.82 Å². The SMILES string of the molecule is O=c1cc(N2CCCOCC2)[nH]c2c(-c3cn(-c4ccc(OCc5ccccc5)cc4)nn3)cccc12. The zero-order chi connectivity index (χ0) is 25.0. The summed E-state index contributed by atoms with van der Waals surface area (Å²) >= 11 is 0. The van der Waals surface area contributed by atoms with Gasteiger partial charge in [0, 0.05) is 36.7 Å². The Kier molecular flexibility index (Phi) is 6.39. The van der Waals surface area contributed by atoms with Gasteiger partial charge in [-0.1, -0.05) is 47.7 Å². The maximum Gasteiger partial charge on any atom is 0.191 e. The van der Waals surface area contributed by atoms with Gasteiger partial charge in [-0.05, 0) is 42.3 Å².